The first-order chi connectivity index (χ1) is 19.9. The Morgan fingerprint density at radius 2 is 2.00 bits per heavy atom. The molecule has 12 heteroatoms. The highest BCUT2D eigenvalue weighted by atomic mass is 32.1. The summed E-state index contributed by atoms with van der Waals surface area (Å²) in [6.07, 6.45) is 9.29. The van der Waals surface area contributed by atoms with E-state index in [1.807, 2.05) is 13.0 Å². The molecular weight excluding hydrogens is 562 g/mol. The summed E-state index contributed by atoms with van der Waals surface area (Å²) >= 11 is 1.16. The van der Waals surface area contributed by atoms with E-state index >= 15 is 0 Å². The summed E-state index contributed by atoms with van der Waals surface area (Å²) in [5.74, 6) is -0.604. The van der Waals surface area contributed by atoms with Crippen molar-refractivity contribution in [2.24, 2.45) is 0 Å². The Morgan fingerprint density at radius 3 is 2.57 bits per heavy atom. The summed E-state index contributed by atoms with van der Waals surface area (Å²) in [4.78, 5) is 45.3. The van der Waals surface area contributed by atoms with Crippen LogP contribution in [0.5, 0.6) is 0 Å². The van der Waals surface area contributed by atoms with Gasteiger partial charge in [0.1, 0.15) is 28.5 Å². The molecule has 0 saturated heterocycles. The number of hydrogen-bond acceptors (Lipinski definition) is 9. The SMILES string of the molecule is C=C(/C(=C\C=C/C)OC)[C@H](Cn1c(=O)n(C(C)(C)C(=O)O)c(=O)c2c(C)c(-c3ncco3)sc21)OC1CCC(O)CC1. The van der Waals surface area contributed by atoms with Crippen LogP contribution in [0, 0.1) is 6.92 Å². The average Bonchev–Trinajstić information content (AvgIpc) is 3.59. The van der Waals surface area contributed by atoms with Crippen LogP contribution in [-0.4, -0.2) is 55.7 Å². The first-order valence-corrected chi connectivity index (χ1v) is 14.6. The molecule has 0 aromatic carbocycles. The molecule has 1 aliphatic rings. The van der Waals surface area contributed by atoms with E-state index < -0.39 is 28.9 Å². The molecule has 1 saturated carbocycles. The fraction of sp³-hybridized carbons (Fsp3) is 0.467. The van der Waals surface area contributed by atoms with Crippen molar-refractivity contribution in [2.45, 2.75) is 83.8 Å². The minimum atomic E-state index is -1.85. The number of carbonyl (C=O) groups is 1. The topological polar surface area (TPSA) is 146 Å². The normalized spacial score (nSPS) is 19.0. The maximum Gasteiger partial charge on any atom is 0.333 e. The predicted molar refractivity (Wildman–Crippen MR) is 160 cm³/mol. The lowest BCUT2D eigenvalue weighted by Gasteiger charge is -2.31. The van der Waals surface area contributed by atoms with Gasteiger partial charge < -0.3 is 24.1 Å². The van der Waals surface area contributed by atoms with Gasteiger partial charge in [-0.2, -0.15) is 0 Å². The van der Waals surface area contributed by atoms with Crippen LogP contribution in [-0.2, 0) is 26.4 Å². The lowest BCUT2D eigenvalue weighted by atomic mass is 9.94. The van der Waals surface area contributed by atoms with E-state index in [4.69, 9.17) is 13.9 Å². The van der Waals surface area contributed by atoms with E-state index in [1.165, 1.54) is 38.0 Å². The molecule has 4 rings (SSSR count). The van der Waals surface area contributed by atoms with E-state index in [-0.39, 0.29) is 30.0 Å². The number of methoxy groups -OCH3 is 1. The van der Waals surface area contributed by atoms with Gasteiger partial charge in [-0.3, -0.25) is 9.36 Å². The number of nitrogens with zero attached hydrogens (tertiary/aromatic N) is 3. The van der Waals surface area contributed by atoms with E-state index in [0.29, 0.717) is 52.3 Å². The minimum absolute atomic E-state index is 0.0787. The third-order valence-electron chi connectivity index (χ3n) is 7.64. The van der Waals surface area contributed by atoms with E-state index in [1.54, 1.807) is 19.1 Å². The fourth-order valence-corrected chi connectivity index (χ4v) is 6.34. The number of aliphatic hydroxyl groups excluding tert-OH is 1. The highest BCUT2D eigenvalue weighted by molar-refractivity contribution is 7.22. The summed E-state index contributed by atoms with van der Waals surface area (Å²) in [6.45, 7) is 10.4. The molecule has 0 aliphatic heterocycles. The van der Waals surface area contributed by atoms with Crippen molar-refractivity contribution in [3.05, 3.63) is 75.0 Å². The third-order valence-corrected chi connectivity index (χ3v) is 8.94. The number of ether oxygens (including phenoxy) is 2. The van der Waals surface area contributed by atoms with Crippen molar-refractivity contribution >= 4 is 27.5 Å². The Morgan fingerprint density at radius 1 is 1.31 bits per heavy atom. The lowest BCUT2D eigenvalue weighted by Crippen LogP contribution is -2.53. The van der Waals surface area contributed by atoms with Gasteiger partial charge >= 0.3 is 11.7 Å². The van der Waals surface area contributed by atoms with Gasteiger partial charge in [-0.15, -0.1) is 11.3 Å². The van der Waals surface area contributed by atoms with Crippen molar-refractivity contribution in [1.82, 2.24) is 14.1 Å². The third kappa shape index (κ3) is 5.92. The number of carboxylic acid groups (broad SMARTS) is 1. The molecule has 3 aromatic heterocycles. The highest BCUT2D eigenvalue weighted by Gasteiger charge is 2.36. The van der Waals surface area contributed by atoms with Crippen LogP contribution in [0.2, 0.25) is 0 Å². The van der Waals surface area contributed by atoms with E-state index in [2.05, 4.69) is 11.6 Å². The number of allylic oxidation sites excluding steroid dienone is 3. The molecule has 3 heterocycles. The summed E-state index contributed by atoms with van der Waals surface area (Å²) in [5.41, 5.74) is -2.37. The van der Waals surface area contributed by atoms with Crippen LogP contribution in [0.15, 0.2) is 62.6 Å². The predicted octanol–water partition coefficient (Wildman–Crippen LogP) is 4.36. The van der Waals surface area contributed by atoms with Gasteiger partial charge in [-0.1, -0.05) is 18.7 Å². The molecule has 0 radical (unpaired) electrons. The molecule has 1 fully saturated rings. The smallest absolute Gasteiger partial charge is 0.333 e. The van der Waals surface area contributed by atoms with Gasteiger partial charge in [0, 0.05) is 5.57 Å². The first kappa shape index (κ1) is 31.2. The van der Waals surface area contributed by atoms with E-state index in [0.717, 1.165) is 15.9 Å². The van der Waals surface area contributed by atoms with Crippen LogP contribution >= 0.6 is 11.3 Å². The number of aryl methyl sites for hydroxylation is 1. The maximum absolute atomic E-state index is 14.1. The van der Waals surface area contributed by atoms with Gasteiger partial charge in [0.05, 0.1) is 42.3 Å². The van der Waals surface area contributed by atoms with Gasteiger partial charge in [0.15, 0.2) is 0 Å². The molecule has 2 N–H and O–H groups in total. The molecule has 1 aliphatic carbocycles. The molecule has 11 nitrogen and oxygen atoms in total. The van der Waals surface area contributed by atoms with Crippen molar-refractivity contribution in [3.8, 4) is 10.8 Å². The van der Waals surface area contributed by atoms with Crippen LogP contribution < -0.4 is 11.2 Å². The number of rotatable bonds is 11. The number of oxazole rings is 1. The molecule has 3 aromatic rings. The molecule has 226 valence electrons. The Hall–Kier alpha value is -3.74. The largest absolute Gasteiger partial charge is 0.496 e. The Bertz CT molecular complexity index is 1630. The number of aliphatic hydroxyl groups is 1. The second-order valence-corrected chi connectivity index (χ2v) is 11.8. The summed E-state index contributed by atoms with van der Waals surface area (Å²) in [7, 11) is 1.51. The summed E-state index contributed by atoms with van der Waals surface area (Å²) in [5, 5.41) is 20.2. The summed E-state index contributed by atoms with van der Waals surface area (Å²) in [6, 6.07) is 0. The molecular formula is C30H37N3O8S. The Kier molecular flexibility index (Phi) is 9.39. The molecule has 0 bridgehead atoms. The Balaban J connectivity index is 1.95. The molecule has 0 amide bonds. The Labute approximate surface area is 247 Å². The molecule has 1 atom stereocenters. The second kappa shape index (κ2) is 12.6. The molecule has 0 unspecified atom stereocenters. The zero-order valence-electron chi connectivity index (χ0n) is 24.5. The number of thiophene rings is 1. The highest BCUT2D eigenvalue weighted by Crippen LogP contribution is 2.36. The monoisotopic (exact) mass is 599 g/mol. The minimum Gasteiger partial charge on any atom is -0.496 e. The number of hydrogen-bond donors (Lipinski definition) is 2. The summed E-state index contributed by atoms with van der Waals surface area (Å²) < 4.78 is 19.8. The first-order valence-electron chi connectivity index (χ1n) is 13.7. The maximum atomic E-state index is 14.1. The lowest BCUT2D eigenvalue weighted by molar-refractivity contribution is -0.146. The van der Waals surface area contributed by atoms with Crippen molar-refractivity contribution in [3.63, 3.8) is 0 Å². The molecule has 42 heavy (non-hydrogen) atoms. The van der Waals surface area contributed by atoms with Crippen molar-refractivity contribution < 1.29 is 28.9 Å². The standard InChI is InChI=1S/C30H37N3O8S/c1-7-8-9-21(39-6)17(2)22(41-20-12-10-19(34)11-13-20)16-32-27-23(18(3)24(42-27)25-31-14-15-40-25)26(35)33(29(32)38)30(4,5)28(36)37/h7-9,14-15,19-20,22,34H,2,10-13,16H2,1,3-6H3,(H,36,37)/b8-7-,21-9+/t19?,20?,22-/m0/s1. The van der Waals surface area contributed by atoms with Crippen LogP contribution in [0.1, 0.15) is 52.0 Å². The molecule has 0 spiro atoms. The quantitative estimate of drug-likeness (QED) is 0.242. The van der Waals surface area contributed by atoms with Crippen LogP contribution in [0.3, 0.4) is 0 Å². The van der Waals surface area contributed by atoms with Gasteiger partial charge in [-0.05, 0) is 65.0 Å². The van der Waals surface area contributed by atoms with Crippen molar-refractivity contribution in [1.29, 1.82) is 0 Å². The number of aromatic nitrogens is 3. The van der Waals surface area contributed by atoms with Gasteiger partial charge in [0.25, 0.3) is 5.56 Å². The second-order valence-electron chi connectivity index (χ2n) is 10.8. The zero-order valence-corrected chi connectivity index (χ0v) is 25.3. The van der Waals surface area contributed by atoms with Crippen LogP contribution in [0.4, 0.5) is 0 Å². The average molecular weight is 600 g/mol. The fourth-order valence-electron chi connectivity index (χ4n) is 5.10. The zero-order chi connectivity index (χ0) is 30.8. The number of aliphatic carboxylic acids is 1. The van der Waals surface area contributed by atoms with Crippen LogP contribution in [0.25, 0.3) is 21.0 Å². The number of carboxylic acids is 1. The number of fused-ring (bicyclic) bond motifs is 1. The van der Waals surface area contributed by atoms with E-state index in [9.17, 15) is 24.6 Å². The van der Waals surface area contributed by atoms with Gasteiger partial charge in [0.2, 0.25) is 5.89 Å². The van der Waals surface area contributed by atoms with Crippen molar-refractivity contribution in [2.75, 3.05) is 7.11 Å². The van der Waals surface area contributed by atoms with Gasteiger partial charge in [-0.25, -0.2) is 19.1 Å².